The average Bonchev–Trinajstić information content (AvgIpc) is 2.87. The second kappa shape index (κ2) is 4.38. The van der Waals surface area contributed by atoms with Gasteiger partial charge in [-0.3, -0.25) is 0 Å². The summed E-state index contributed by atoms with van der Waals surface area (Å²) in [6.07, 6.45) is 1.72. The molecule has 102 valence electrons. The van der Waals surface area contributed by atoms with Crippen LogP contribution >= 0.6 is 0 Å². The summed E-state index contributed by atoms with van der Waals surface area (Å²) in [5.74, 6) is 0.718. The van der Waals surface area contributed by atoms with Gasteiger partial charge in [-0.05, 0) is 32.0 Å². The molecule has 0 unspecified atom stereocenters. The standard InChI is InChI=1S/C17H13N3O/c1-10-5-3-6-12(9-10)16-19-11(2)15-14(20-16)13-7-4-8-18-17(13)21-15/h3-9H,1-2H3. The molecule has 0 fully saturated rings. The maximum absolute atomic E-state index is 5.76. The molecule has 4 aromatic rings. The van der Waals surface area contributed by atoms with Gasteiger partial charge in [-0.2, -0.15) is 0 Å². The molecule has 1 aromatic carbocycles. The minimum atomic E-state index is 0.603. The van der Waals surface area contributed by atoms with Gasteiger partial charge in [0.25, 0.3) is 0 Å². The Morgan fingerprint density at radius 1 is 1.00 bits per heavy atom. The SMILES string of the molecule is Cc1cccc(-c2nc(C)c3oc4ncccc4c3n2)c1. The van der Waals surface area contributed by atoms with Crippen molar-refractivity contribution in [3.8, 4) is 11.4 Å². The normalized spacial score (nSPS) is 11.3. The van der Waals surface area contributed by atoms with E-state index in [0.717, 1.165) is 28.0 Å². The number of furan rings is 1. The van der Waals surface area contributed by atoms with Gasteiger partial charge in [0.15, 0.2) is 11.4 Å². The molecule has 0 aliphatic rings. The van der Waals surface area contributed by atoms with Crippen molar-refractivity contribution >= 4 is 22.2 Å². The summed E-state index contributed by atoms with van der Waals surface area (Å²) in [4.78, 5) is 13.5. The second-order valence-corrected chi connectivity index (χ2v) is 5.14. The number of hydrogen-bond acceptors (Lipinski definition) is 4. The van der Waals surface area contributed by atoms with Crippen LogP contribution in [0.3, 0.4) is 0 Å². The highest BCUT2D eigenvalue weighted by Crippen LogP contribution is 2.29. The third kappa shape index (κ3) is 1.88. The first-order chi connectivity index (χ1) is 10.2. The van der Waals surface area contributed by atoms with Crippen molar-refractivity contribution in [2.75, 3.05) is 0 Å². The van der Waals surface area contributed by atoms with E-state index in [4.69, 9.17) is 9.40 Å². The summed E-state index contributed by atoms with van der Waals surface area (Å²) < 4.78 is 5.76. The molecular weight excluding hydrogens is 262 g/mol. The first-order valence-corrected chi connectivity index (χ1v) is 6.81. The number of fused-ring (bicyclic) bond motifs is 3. The fourth-order valence-corrected chi connectivity index (χ4v) is 2.53. The van der Waals surface area contributed by atoms with Crippen molar-refractivity contribution in [1.82, 2.24) is 15.0 Å². The molecule has 0 saturated carbocycles. The quantitative estimate of drug-likeness (QED) is 0.525. The number of pyridine rings is 1. The van der Waals surface area contributed by atoms with Crippen LogP contribution in [-0.2, 0) is 0 Å². The Hall–Kier alpha value is -2.75. The van der Waals surface area contributed by atoms with Gasteiger partial charge in [0.2, 0.25) is 5.71 Å². The van der Waals surface area contributed by atoms with Gasteiger partial charge in [-0.15, -0.1) is 0 Å². The molecule has 0 atom stereocenters. The Bertz CT molecular complexity index is 972. The first-order valence-electron chi connectivity index (χ1n) is 6.81. The molecule has 3 heterocycles. The monoisotopic (exact) mass is 275 g/mol. The lowest BCUT2D eigenvalue weighted by molar-refractivity contribution is 0.647. The molecule has 0 aliphatic carbocycles. The maximum atomic E-state index is 5.76. The predicted molar refractivity (Wildman–Crippen MR) is 82.0 cm³/mol. The average molecular weight is 275 g/mol. The molecule has 0 bridgehead atoms. The molecule has 4 heteroatoms. The molecule has 0 amide bonds. The van der Waals surface area contributed by atoms with Crippen LogP contribution in [-0.4, -0.2) is 15.0 Å². The van der Waals surface area contributed by atoms with E-state index in [1.807, 2.05) is 31.2 Å². The van der Waals surface area contributed by atoms with Crippen LogP contribution in [0.5, 0.6) is 0 Å². The summed E-state index contributed by atoms with van der Waals surface area (Å²) in [5.41, 5.74) is 5.16. The molecule has 0 radical (unpaired) electrons. The van der Waals surface area contributed by atoms with E-state index in [-0.39, 0.29) is 0 Å². The van der Waals surface area contributed by atoms with E-state index in [1.54, 1.807) is 6.20 Å². The van der Waals surface area contributed by atoms with Gasteiger partial charge in [0.1, 0.15) is 5.52 Å². The topological polar surface area (TPSA) is 51.8 Å². The van der Waals surface area contributed by atoms with Crippen LogP contribution in [0.1, 0.15) is 11.3 Å². The Morgan fingerprint density at radius 3 is 2.76 bits per heavy atom. The molecule has 0 N–H and O–H groups in total. The zero-order chi connectivity index (χ0) is 14.4. The molecule has 3 aromatic heterocycles. The van der Waals surface area contributed by atoms with Crippen LogP contribution in [0.2, 0.25) is 0 Å². The number of benzene rings is 1. The molecule has 21 heavy (non-hydrogen) atoms. The Kier molecular flexibility index (Phi) is 2.51. The van der Waals surface area contributed by atoms with Gasteiger partial charge in [0, 0.05) is 11.8 Å². The van der Waals surface area contributed by atoms with Crippen molar-refractivity contribution < 1.29 is 4.42 Å². The molecule has 4 nitrogen and oxygen atoms in total. The summed E-state index contributed by atoms with van der Waals surface area (Å²) in [6.45, 7) is 4.00. The first kappa shape index (κ1) is 12.0. The fourth-order valence-electron chi connectivity index (χ4n) is 2.53. The molecule has 4 rings (SSSR count). The third-order valence-corrected chi connectivity index (χ3v) is 3.54. The van der Waals surface area contributed by atoms with Crippen molar-refractivity contribution in [2.24, 2.45) is 0 Å². The lowest BCUT2D eigenvalue weighted by Crippen LogP contribution is -1.93. The second-order valence-electron chi connectivity index (χ2n) is 5.14. The minimum absolute atomic E-state index is 0.603. The fraction of sp³-hybridized carbons (Fsp3) is 0.118. The van der Waals surface area contributed by atoms with Gasteiger partial charge in [-0.1, -0.05) is 23.8 Å². The number of aromatic nitrogens is 3. The Balaban J connectivity index is 2.06. The van der Waals surface area contributed by atoms with Gasteiger partial charge in [-0.25, -0.2) is 15.0 Å². The van der Waals surface area contributed by atoms with Crippen molar-refractivity contribution in [2.45, 2.75) is 13.8 Å². The maximum Gasteiger partial charge on any atom is 0.229 e. The Morgan fingerprint density at radius 2 is 1.90 bits per heavy atom. The smallest absolute Gasteiger partial charge is 0.229 e. The minimum Gasteiger partial charge on any atom is -0.434 e. The van der Waals surface area contributed by atoms with E-state index in [0.29, 0.717) is 11.3 Å². The van der Waals surface area contributed by atoms with Crippen molar-refractivity contribution in [3.05, 3.63) is 53.9 Å². The van der Waals surface area contributed by atoms with Crippen molar-refractivity contribution in [1.29, 1.82) is 0 Å². The highest BCUT2D eigenvalue weighted by Gasteiger charge is 2.14. The highest BCUT2D eigenvalue weighted by atomic mass is 16.3. The zero-order valence-corrected chi connectivity index (χ0v) is 11.8. The van der Waals surface area contributed by atoms with E-state index in [1.165, 1.54) is 5.56 Å². The predicted octanol–water partition coefficient (Wildman–Crippen LogP) is 4.05. The number of rotatable bonds is 1. The van der Waals surface area contributed by atoms with Gasteiger partial charge in [0.05, 0.1) is 11.1 Å². The summed E-state index contributed by atoms with van der Waals surface area (Å²) in [5, 5.41) is 0.923. The van der Waals surface area contributed by atoms with Crippen LogP contribution in [0, 0.1) is 13.8 Å². The van der Waals surface area contributed by atoms with Gasteiger partial charge >= 0.3 is 0 Å². The van der Waals surface area contributed by atoms with Crippen LogP contribution < -0.4 is 0 Å². The highest BCUT2D eigenvalue weighted by molar-refractivity contribution is 6.01. The summed E-state index contributed by atoms with van der Waals surface area (Å²) >= 11 is 0. The molecule has 0 spiro atoms. The molecular formula is C17H13N3O. The lowest BCUT2D eigenvalue weighted by atomic mass is 10.1. The number of nitrogens with zero attached hydrogens (tertiary/aromatic N) is 3. The summed E-state index contributed by atoms with van der Waals surface area (Å²) in [7, 11) is 0. The van der Waals surface area contributed by atoms with Crippen LogP contribution in [0.25, 0.3) is 33.6 Å². The van der Waals surface area contributed by atoms with E-state index < -0.39 is 0 Å². The Labute approximate surface area is 121 Å². The van der Waals surface area contributed by atoms with Crippen LogP contribution in [0.15, 0.2) is 47.0 Å². The molecule has 0 saturated heterocycles. The third-order valence-electron chi connectivity index (χ3n) is 3.54. The van der Waals surface area contributed by atoms with E-state index >= 15 is 0 Å². The van der Waals surface area contributed by atoms with E-state index in [2.05, 4.69) is 29.0 Å². The largest absolute Gasteiger partial charge is 0.434 e. The van der Waals surface area contributed by atoms with Gasteiger partial charge < -0.3 is 4.42 Å². The van der Waals surface area contributed by atoms with Crippen LogP contribution in [0.4, 0.5) is 0 Å². The van der Waals surface area contributed by atoms with E-state index in [9.17, 15) is 0 Å². The molecule has 0 aliphatic heterocycles. The van der Waals surface area contributed by atoms with Crippen molar-refractivity contribution in [3.63, 3.8) is 0 Å². The number of aryl methyl sites for hydroxylation is 2. The summed E-state index contributed by atoms with van der Waals surface area (Å²) in [6, 6.07) is 12.0. The lowest BCUT2D eigenvalue weighted by Gasteiger charge is -2.03. The number of hydrogen-bond donors (Lipinski definition) is 0. The zero-order valence-electron chi connectivity index (χ0n) is 11.8.